The minimum atomic E-state index is -0.0580. The molecule has 3 atom stereocenters. The predicted molar refractivity (Wildman–Crippen MR) is 53.9 cm³/mol. The van der Waals surface area contributed by atoms with Crippen molar-refractivity contribution < 1.29 is 14.3 Å². The molecule has 0 aromatic carbocycles. The van der Waals surface area contributed by atoms with E-state index < -0.39 is 0 Å². The number of esters is 1. The summed E-state index contributed by atoms with van der Waals surface area (Å²) in [5.74, 6) is 0.309. The fourth-order valence-corrected chi connectivity index (χ4v) is 2.17. The summed E-state index contributed by atoms with van der Waals surface area (Å²) in [6.45, 7) is 7.17. The average molecular weight is 200 g/mol. The lowest BCUT2D eigenvalue weighted by Gasteiger charge is -2.22. The van der Waals surface area contributed by atoms with Gasteiger partial charge in [0.1, 0.15) is 0 Å². The van der Waals surface area contributed by atoms with Gasteiger partial charge in [-0.3, -0.25) is 4.79 Å². The summed E-state index contributed by atoms with van der Waals surface area (Å²) >= 11 is 0. The Labute approximate surface area is 85.8 Å². The van der Waals surface area contributed by atoms with Gasteiger partial charge in [-0.15, -0.1) is 0 Å². The molecule has 1 aliphatic heterocycles. The van der Waals surface area contributed by atoms with Gasteiger partial charge >= 0.3 is 5.97 Å². The first-order valence-electron chi connectivity index (χ1n) is 5.48. The van der Waals surface area contributed by atoms with Crippen molar-refractivity contribution in [1.82, 2.24) is 0 Å². The first-order valence-corrected chi connectivity index (χ1v) is 5.48. The van der Waals surface area contributed by atoms with E-state index in [-0.39, 0.29) is 18.0 Å². The number of hydrogen-bond donors (Lipinski definition) is 0. The summed E-state index contributed by atoms with van der Waals surface area (Å²) in [7, 11) is 0. The highest BCUT2D eigenvalue weighted by Gasteiger charge is 2.35. The van der Waals surface area contributed by atoms with E-state index in [4.69, 9.17) is 9.47 Å². The molecule has 0 radical (unpaired) electrons. The number of hydrogen-bond acceptors (Lipinski definition) is 3. The van der Waals surface area contributed by atoms with E-state index in [0.29, 0.717) is 12.5 Å². The molecular weight excluding hydrogens is 180 g/mol. The van der Waals surface area contributed by atoms with Crippen LogP contribution in [-0.2, 0) is 14.3 Å². The number of carbonyl (C=O) groups is 1. The van der Waals surface area contributed by atoms with Gasteiger partial charge in [0.2, 0.25) is 0 Å². The van der Waals surface area contributed by atoms with Gasteiger partial charge in [0.25, 0.3) is 0 Å². The Balaban J connectivity index is 2.56. The second-order valence-electron chi connectivity index (χ2n) is 3.80. The van der Waals surface area contributed by atoms with Crippen molar-refractivity contribution in [2.45, 2.75) is 39.7 Å². The number of carbonyl (C=O) groups excluding carboxylic acids is 1. The molecule has 0 aromatic rings. The molecule has 0 N–H and O–H groups in total. The summed E-state index contributed by atoms with van der Waals surface area (Å²) in [6.07, 6.45) is 2.03. The van der Waals surface area contributed by atoms with Gasteiger partial charge < -0.3 is 9.47 Å². The normalized spacial score (nSPS) is 28.8. The van der Waals surface area contributed by atoms with Crippen molar-refractivity contribution in [3.8, 4) is 0 Å². The van der Waals surface area contributed by atoms with E-state index in [0.717, 1.165) is 19.4 Å². The molecule has 0 spiro atoms. The van der Waals surface area contributed by atoms with Crippen molar-refractivity contribution in [1.29, 1.82) is 0 Å². The quantitative estimate of drug-likeness (QED) is 0.651. The van der Waals surface area contributed by atoms with Crippen LogP contribution in [0, 0.1) is 11.8 Å². The Morgan fingerprint density at radius 2 is 2.29 bits per heavy atom. The molecule has 3 heteroatoms. The maximum Gasteiger partial charge on any atom is 0.309 e. The first-order chi connectivity index (χ1) is 6.70. The molecule has 3 nitrogen and oxygen atoms in total. The Bertz CT molecular complexity index is 191. The molecule has 0 aliphatic carbocycles. The Hall–Kier alpha value is -0.570. The number of ether oxygens (including phenoxy) is 2. The summed E-state index contributed by atoms with van der Waals surface area (Å²) < 4.78 is 10.5. The van der Waals surface area contributed by atoms with E-state index in [1.165, 1.54) is 0 Å². The number of rotatable bonds is 4. The monoisotopic (exact) mass is 200 g/mol. The van der Waals surface area contributed by atoms with Crippen LogP contribution in [0.2, 0.25) is 0 Å². The van der Waals surface area contributed by atoms with Crippen LogP contribution in [-0.4, -0.2) is 25.3 Å². The second-order valence-corrected chi connectivity index (χ2v) is 3.80. The van der Waals surface area contributed by atoms with Crippen molar-refractivity contribution in [2.75, 3.05) is 13.2 Å². The smallest absolute Gasteiger partial charge is 0.309 e. The molecule has 14 heavy (non-hydrogen) atoms. The zero-order valence-electron chi connectivity index (χ0n) is 9.29. The first kappa shape index (κ1) is 11.5. The predicted octanol–water partition coefficient (Wildman–Crippen LogP) is 2.00. The highest BCUT2D eigenvalue weighted by atomic mass is 16.5. The van der Waals surface area contributed by atoms with E-state index in [1.54, 1.807) is 0 Å². The van der Waals surface area contributed by atoms with Gasteiger partial charge in [-0.2, -0.15) is 0 Å². The van der Waals surface area contributed by atoms with Gasteiger partial charge in [0.15, 0.2) is 0 Å². The fourth-order valence-electron chi connectivity index (χ4n) is 2.17. The van der Waals surface area contributed by atoms with Crippen LogP contribution in [0.1, 0.15) is 33.6 Å². The minimum absolute atomic E-state index is 0.0208. The highest BCUT2D eigenvalue weighted by Crippen LogP contribution is 2.30. The van der Waals surface area contributed by atoms with E-state index >= 15 is 0 Å². The van der Waals surface area contributed by atoms with Gasteiger partial charge in [-0.05, 0) is 26.7 Å². The minimum Gasteiger partial charge on any atom is -0.466 e. The summed E-state index contributed by atoms with van der Waals surface area (Å²) in [5, 5.41) is 0. The van der Waals surface area contributed by atoms with Crippen molar-refractivity contribution in [2.24, 2.45) is 11.8 Å². The van der Waals surface area contributed by atoms with Gasteiger partial charge in [-0.1, -0.05) is 6.92 Å². The second kappa shape index (κ2) is 5.35. The largest absolute Gasteiger partial charge is 0.466 e. The fraction of sp³-hybridized carbons (Fsp3) is 0.909. The summed E-state index contributed by atoms with van der Waals surface area (Å²) in [5.41, 5.74) is 0. The lowest BCUT2D eigenvalue weighted by molar-refractivity contribution is -0.150. The summed E-state index contributed by atoms with van der Waals surface area (Å²) in [6, 6.07) is 0. The van der Waals surface area contributed by atoms with E-state index in [1.807, 2.05) is 20.8 Å². The lowest BCUT2D eigenvalue weighted by atomic mass is 9.85. The van der Waals surface area contributed by atoms with Crippen LogP contribution in [0.5, 0.6) is 0 Å². The molecule has 82 valence electrons. The zero-order valence-corrected chi connectivity index (χ0v) is 9.29. The molecular formula is C11H20O3. The third kappa shape index (κ3) is 2.47. The Morgan fingerprint density at radius 1 is 1.57 bits per heavy atom. The third-order valence-electron chi connectivity index (χ3n) is 2.98. The molecule has 1 fully saturated rings. The molecule has 1 aliphatic rings. The SMILES string of the molecule is CCOC(=O)C(CC)C1CCOC1C. The lowest BCUT2D eigenvalue weighted by Crippen LogP contribution is -2.29. The molecule has 3 unspecified atom stereocenters. The molecule has 0 amide bonds. The van der Waals surface area contributed by atoms with Crippen LogP contribution in [0.4, 0.5) is 0 Å². The van der Waals surface area contributed by atoms with E-state index in [2.05, 4.69) is 0 Å². The molecule has 1 saturated heterocycles. The molecule has 0 aromatic heterocycles. The van der Waals surface area contributed by atoms with Crippen LogP contribution >= 0.6 is 0 Å². The Kier molecular flexibility index (Phi) is 4.39. The molecule has 1 heterocycles. The van der Waals surface area contributed by atoms with Crippen molar-refractivity contribution in [3.63, 3.8) is 0 Å². The van der Waals surface area contributed by atoms with Crippen molar-refractivity contribution in [3.05, 3.63) is 0 Å². The van der Waals surface area contributed by atoms with Crippen LogP contribution < -0.4 is 0 Å². The van der Waals surface area contributed by atoms with Crippen LogP contribution in [0.15, 0.2) is 0 Å². The van der Waals surface area contributed by atoms with Gasteiger partial charge in [0.05, 0.1) is 18.6 Å². The van der Waals surface area contributed by atoms with Gasteiger partial charge in [0, 0.05) is 12.5 Å². The summed E-state index contributed by atoms with van der Waals surface area (Å²) in [4.78, 5) is 11.6. The topological polar surface area (TPSA) is 35.5 Å². The van der Waals surface area contributed by atoms with E-state index in [9.17, 15) is 4.79 Å². The molecule has 0 saturated carbocycles. The Morgan fingerprint density at radius 3 is 2.71 bits per heavy atom. The molecule has 1 rings (SSSR count). The zero-order chi connectivity index (χ0) is 10.6. The maximum atomic E-state index is 11.6. The highest BCUT2D eigenvalue weighted by molar-refractivity contribution is 5.72. The average Bonchev–Trinajstić information content (AvgIpc) is 2.54. The standard InChI is InChI=1S/C11H20O3/c1-4-9(11(12)13-5-2)10-6-7-14-8(10)3/h8-10H,4-7H2,1-3H3. The molecule has 0 bridgehead atoms. The van der Waals surface area contributed by atoms with Gasteiger partial charge in [-0.25, -0.2) is 0 Å². The maximum absolute atomic E-state index is 11.6. The third-order valence-corrected chi connectivity index (χ3v) is 2.98. The van der Waals surface area contributed by atoms with Crippen LogP contribution in [0.25, 0.3) is 0 Å². The van der Waals surface area contributed by atoms with Crippen LogP contribution in [0.3, 0.4) is 0 Å². The van der Waals surface area contributed by atoms with Crippen molar-refractivity contribution >= 4 is 5.97 Å².